The summed E-state index contributed by atoms with van der Waals surface area (Å²) in [5.41, 5.74) is 1.14. The average Bonchev–Trinajstić information content (AvgIpc) is 2.37. The van der Waals surface area contributed by atoms with Crippen molar-refractivity contribution in [2.45, 2.75) is 0 Å². The fourth-order valence-electron chi connectivity index (χ4n) is 1.58. The maximum absolute atomic E-state index is 11.5. The van der Waals surface area contributed by atoms with Crippen LogP contribution in [0.2, 0.25) is 0 Å². The maximum Gasteiger partial charge on any atom is 0.338 e. The highest BCUT2D eigenvalue weighted by molar-refractivity contribution is 9.10. The molecule has 0 aliphatic carbocycles. The van der Waals surface area contributed by atoms with E-state index in [-0.39, 0.29) is 0 Å². The van der Waals surface area contributed by atoms with Gasteiger partial charge in [-0.3, -0.25) is 4.98 Å². The van der Waals surface area contributed by atoms with Gasteiger partial charge in [-0.05, 0) is 18.2 Å². The zero-order chi connectivity index (χ0) is 12.4. The zero-order valence-corrected chi connectivity index (χ0v) is 10.9. The predicted molar refractivity (Wildman–Crippen MR) is 67.3 cm³/mol. The van der Waals surface area contributed by atoms with Crippen LogP contribution < -0.4 is 4.74 Å². The SMILES string of the molecule is COC(=O)c1cc(OC)c2nccc(Br)c2c1. The highest BCUT2D eigenvalue weighted by atomic mass is 79.9. The first kappa shape index (κ1) is 11.9. The minimum Gasteiger partial charge on any atom is -0.494 e. The number of carbonyl (C=O) groups is 1. The van der Waals surface area contributed by atoms with Gasteiger partial charge in [-0.25, -0.2) is 4.79 Å². The quantitative estimate of drug-likeness (QED) is 0.800. The van der Waals surface area contributed by atoms with Crippen LogP contribution in [-0.2, 0) is 4.74 Å². The van der Waals surface area contributed by atoms with Crippen molar-refractivity contribution in [3.05, 3.63) is 34.4 Å². The molecule has 0 amide bonds. The molecule has 4 nitrogen and oxygen atoms in total. The molecule has 0 bridgehead atoms. The van der Waals surface area contributed by atoms with E-state index in [2.05, 4.69) is 20.9 Å². The zero-order valence-electron chi connectivity index (χ0n) is 9.36. The Bertz CT molecular complexity index is 583. The first-order valence-electron chi connectivity index (χ1n) is 4.88. The van der Waals surface area contributed by atoms with Crippen molar-refractivity contribution in [3.63, 3.8) is 0 Å². The van der Waals surface area contributed by atoms with Crippen LogP contribution in [0.25, 0.3) is 10.9 Å². The molecule has 1 aromatic carbocycles. The summed E-state index contributed by atoms with van der Waals surface area (Å²) in [5.74, 6) is 0.144. The monoisotopic (exact) mass is 295 g/mol. The lowest BCUT2D eigenvalue weighted by Gasteiger charge is -2.08. The first-order valence-corrected chi connectivity index (χ1v) is 5.67. The van der Waals surface area contributed by atoms with E-state index in [4.69, 9.17) is 9.47 Å². The van der Waals surface area contributed by atoms with E-state index < -0.39 is 5.97 Å². The molecule has 5 heteroatoms. The molecule has 0 N–H and O–H groups in total. The summed E-state index contributed by atoms with van der Waals surface area (Å²) in [5, 5.41) is 0.812. The normalized spacial score (nSPS) is 10.3. The van der Waals surface area contributed by atoms with E-state index in [0.29, 0.717) is 16.8 Å². The Labute approximate surface area is 107 Å². The number of rotatable bonds is 2. The van der Waals surface area contributed by atoms with Gasteiger partial charge in [0, 0.05) is 16.1 Å². The molecule has 88 valence electrons. The molecule has 0 fully saturated rings. The number of methoxy groups -OCH3 is 2. The maximum atomic E-state index is 11.5. The molecule has 2 aromatic rings. The molecule has 1 heterocycles. The van der Waals surface area contributed by atoms with Crippen molar-refractivity contribution in [2.75, 3.05) is 14.2 Å². The number of hydrogen-bond acceptors (Lipinski definition) is 4. The van der Waals surface area contributed by atoms with Crippen molar-refractivity contribution in [1.29, 1.82) is 0 Å². The number of halogens is 1. The lowest BCUT2D eigenvalue weighted by Crippen LogP contribution is -2.02. The average molecular weight is 296 g/mol. The third-order valence-electron chi connectivity index (χ3n) is 2.40. The van der Waals surface area contributed by atoms with Gasteiger partial charge < -0.3 is 9.47 Å². The topological polar surface area (TPSA) is 48.4 Å². The fraction of sp³-hybridized carbons (Fsp3) is 0.167. The van der Waals surface area contributed by atoms with Crippen LogP contribution in [0.5, 0.6) is 5.75 Å². The minimum atomic E-state index is -0.402. The highest BCUT2D eigenvalue weighted by Gasteiger charge is 2.13. The molecular weight excluding hydrogens is 286 g/mol. The summed E-state index contributed by atoms with van der Waals surface area (Å²) >= 11 is 3.42. The second-order valence-electron chi connectivity index (χ2n) is 3.36. The molecular formula is C12H10BrNO3. The number of pyridine rings is 1. The van der Waals surface area contributed by atoms with Gasteiger partial charge >= 0.3 is 5.97 Å². The van der Waals surface area contributed by atoms with Gasteiger partial charge in [0.1, 0.15) is 11.3 Å². The van der Waals surface area contributed by atoms with Crippen LogP contribution in [0.1, 0.15) is 10.4 Å². The van der Waals surface area contributed by atoms with Crippen LogP contribution in [0.3, 0.4) is 0 Å². The third kappa shape index (κ3) is 2.10. The molecule has 0 unspecified atom stereocenters. The van der Waals surface area contributed by atoms with Crippen molar-refractivity contribution in [2.24, 2.45) is 0 Å². The van der Waals surface area contributed by atoms with Crippen LogP contribution in [0.15, 0.2) is 28.9 Å². The fourth-order valence-corrected chi connectivity index (χ4v) is 2.00. The summed E-state index contributed by atoms with van der Waals surface area (Å²) in [6.45, 7) is 0. The van der Waals surface area contributed by atoms with Gasteiger partial charge in [-0.2, -0.15) is 0 Å². The Hall–Kier alpha value is -1.62. The van der Waals surface area contributed by atoms with Crippen molar-refractivity contribution < 1.29 is 14.3 Å². The Balaban J connectivity index is 2.76. The lowest BCUT2D eigenvalue weighted by atomic mass is 10.1. The molecule has 0 aliphatic heterocycles. The van der Waals surface area contributed by atoms with Crippen molar-refractivity contribution >= 4 is 32.8 Å². The van der Waals surface area contributed by atoms with E-state index in [1.807, 2.05) is 6.07 Å². The summed E-state index contributed by atoms with van der Waals surface area (Å²) < 4.78 is 10.8. The van der Waals surface area contributed by atoms with E-state index in [9.17, 15) is 4.79 Å². The number of ether oxygens (including phenoxy) is 2. The number of benzene rings is 1. The summed E-state index contributed by atoms with van der Waals surface area (Å²) in [7, 11) is 2.88. The van der Waals surface area contributed by atoms with Crippen LogP contribution in [0, 0.1) is 0 Å². The van der Waals surface area contributed by atoms with Crippen LogP contribution in [0.4, 0.5) is 0 Å². The number of fused-ring (bicyclic) bond motifs is 1. The molecule has 17 heavy (non-hydrogen) atoms. The number of esters is 1. The Morgan fingerprint density at radius 2 is 2.12 bits per heavy atom. The Morgan fingerprint density at radius 3 is 2.76 bits per heavy atom. The highest BCUT2D eigenvalue weighted by Crippen LogP contribution is 2.30. The number of carbonyl (C=O) groups excluding carboxylic acids is 1. The molecule has 0 saturated heterocycles. The summed E-state index contributed by atoms with van der Waals surface area (Å²) in [4.78, 5) is 15.8. The molecule has 0 aliphatic rings. The van der Waals surface area contributed by atoms with Gasteiger partial charge in [0.15, 0.2) is 0 Å². The molecule has 2 rings (SSSR count). The van der Waals surface area contributed by atoms with Gasteiger partial charge in [-0.1, -0.05) is 15.9 Å². The number of nitrogens with zero attached hydrogens (tertiary/aromatic N) is 1. The Kier molecular flexibility index (Phi) is 3.28. The van der Waals surface area contributed by atoms with Crippen LogP contribution in [-0.4, -0.2) is 25.2 Å². The van der Waals surface area contributed by atoms with E-state index in [1.165, 1.54) is 7.11 Å². The third-order valence-corrected chi connectivity index (χ3v) is 3.09. The standard InChI is InChI=1S/C12H10BrNO3/c1-16-10-6-7(12(15)17-2)5-8-9(13)3-4-14-11(8)10/h3-6H,1-2H3. The van der Waals surface area contributed by atoms with Gasteiger partial charge in [0.2, 0.25) is 0 Å². The van der Waals surface area contributed by atoms with E-state index in [0.717, 1.165) is 9.86 Å². The molecule has 0 spiro atoms. The minimum absolute atomic E-state index is 0.402. The smallest absolute Gasteiger partial charge is 0.338 e. The van der Waals surface area contributed by atoms with Crippen molar-refractivity contribution in [1.82, 2.24) is 4.98 Å². The van der Waals surface area contributed by atoms with E-state index in [1.54, 1.807) is 25.4 Å². The molecule has 1 aromatic heterocycles. The van der Waals surface area contributed by atoms with E-state index >= 15 is 0 Å². The number of hydrogen-bond donors (Lipinski definition) is 0. The van der Waals surface area contributed by atoms with Gasteiger partial charge in [0.25, 0.3) is 0 Å². The second kappa shape index (κ2) is 4.71. The predicted octanol–water partition coefficient (Wildman–Crippen LogP) is 2.79. The van der Waals surface area contributed by atoms with Crippen molar-refractivity contribution in [3.8, 4) is 5.75 Å². The summed E-state index contributed by atoms with van der Waals surface area (Å²) in [6, 6.07) is 5.15. The number of aromatic nitrogens is 1. The molecule has 0 saturated carbocycles. The Morgan fingerprint density at radius 1 is 1.35 bits per heavy atom. The lowest BCUT2D eigenvalue weighted by molar-refractivity contribution is 0.0600. The first-order chi connectivity index (χ1) is 8.17. The van der Waals surface area contributed by atoms with Gasteiger partial charge in [0.05, 0.1) is 19.8 Å². The summed E-state index contributed by atoms with van der Waals surface area (Å²) in [6.07, 6.45) is 1.67. The molecule has 0 atom stereocenters. The van der Waals surface area contributed by atoms with Gasteiger partial charge in [-0.15, -0.1) is 0 Å². The largest absolute Gasteiger partial charge is 0.494 e. The second-order valence-corrected chi connectivity index (χ2v) is 4.21. The van der Waals surface area contributed by atoms with Crippen LogP contribution >= 0.6 is 15.9 Å². The molecule has 0 radical (unpaired) electrons.